The molecule has 29 heavy (non-hydrogen) atoms. The molecule has 1 unspecified atom stereocenters. The van der Waals surface area contributed by atoms with Crippen molar-refractivity contribution in [2.45, 2.75) is 4.75 Å². The van der Waals surface area contributed by atoms with Crippen LogP contribution in [0.3, 0.4) is 0 Å². The van der Waals surface area contributed by atoms with E-state index < -0.39 is 26.4 Å². The highest BCUT2D eigenvalue weighted by Crippen LogP contribution is 2.50. The maximum Gasteiger partial charge on any atom is 0.283 e. The minimum atomic E-state index is -5.05. The normalized spacial score (nSPS) is 13.8. The van der Waals surface area contributed by atoms with E-state index in [0.29, 0.717) is 0 Å². The summed E-state index contributed by atoms with van der Waals surface area (Å²) in [6, 6.07) is 11.6. The van der Waals surface area contributed by atoms with Gasteiger partial charge in [-0.2, -0.15) is 8.42 Å². The zero-order valence-electron chi connectivity index (χ0n) is 14.3. The lowest BCUT2D eigenvalue weighted by atomic mass is 9.83. The molecule has 3 rings (SSSR count). The molecule has 0 fully saturated rings. The highest BCUT2D eigenvalue weighted by molar-refractivity contribution is 7.87. The van der Waals surface area contributed by atoms with Crippen molar-refractivity contribution < 1.29 is 23.2 Å². The van der Waals surface area contributed by atoms with E-state index in [0.717, 1.165) is 12.1 Å². The summed E-state index contributed by atoms with van der Waals surface area (Å²) in [5.74, 6) is -1.10. The van der Waals surface area contributed by atoms with Crippen LogP contribution in [-0.2, 0) is 14.9 Å². The summed E-state index contributed by atoms with van der Waals surface area (Å²) in [4.78, 5) is 0. The zero-order chi connectivity index (χ0) is 21.6. The fraction of sp³-hybridized carbons (Fsp3) is 0.0526. The predicted octanol–water partition coefficient (Wildman–Crippen LogP) is 5.89. The molecule has 0 aliphatic rings. The molecule has 0 saturated carbocycles. The van der Waals surface area contributed by atoms with Gasteiger partial charge in [0.05, 0.1) is 10.0 Å². The minimum Gasteiger partial charge on any atom is -0.504 e. The van der Waals surface area contributed by atoms with E-state index in [1.165, 1.54) is 36.4 Å². The maximum atomic E-state index is 13.0. The van der Waals surface area contributed by atoms with Gasteiger partial charge in [0.15, 0.2) is 16.2 Å². The van der Waals surface area contributed by atoms with Gasteiger partial charge in [-0.05, 0) is 35.9 Å². The molecule has 0 amide bonds. The lowest BCUT2D eigenvalue weighted by Gasteiger charge is -2.34. The van der Waals surface area contributed by atoms with Crippen LogP contribution in [0.15, 0.2) is 54.6 Å². The van der Waals surface area contributed by atoms with Gasteiger partial charge in [-0.1, -0.05) is 70.7 Å². The molecule has 3 aromatic carbocycles. The second-order valence-corrected chi connectivity index (χ2v) is 9.28. The van der Waals surface area contributed by atoms with Crippen molar-refractivity contribution >= 4 is 56.5 Å². The molecule has 0 saturated heterocycles. The lowest BCUT2D eigenvalue weighted by Crippen LogP contribution is -2.38. The molecule has 3 aromatic rings. The molecule has 3 N–H and O–H groups in total. The Kier molecular flexibility index (Phi) is 5.98. The Morgan fingerprint density at radius 2 is 1.31 bits per heavy atom. The van der Waals surface area contributed by atoms with E-state index in [-0.39, 0.29) is 36.8 Å². The molecule has 0 aliphatic heterocycles. The van der Waals surface area contributed by atoms with Gasteiger partial charge in [0, 0.05) is 21.2 Å². The van der Waals surface area contributed by atoms with Crippen LogP contribution in [0.5, 0.6) is 11.5 Å². The molecule has 0 radical (unpaired) electrons. The average Bonchev–Trinajstić information content (AvgIpc) is 2.63. The third-order valence-corrected chi connectivity index (χ3v) is 7.23. The Hall–Kier alpha value is -1.67. The Bertz CT molecular complexity index is 1210. The maximum absolute atomic E-state index is 13.0. The van der Waals surface area contributed by atoms with Gasteiger partial charge in [-0.15, -0.1) is 0 Å². The third kappa shape index (κ3) is 3.65. The second-order valence-electron chi connectivity index (χ2n) is 6.09. The summed E-state index contributed by atoms with van der Waals surface area (Å²) in [5, 5.41) is 19.6. The van der Waals surface area contributed by atoms with Gasteiger partial charge >= 0.3 is 0 Å². The summed E-state index contributed by atoms with van der Waals surface area (Å²) in [5.41, 5.74) is -0.326. The van der Waals surface area contributed by atoms with Crippen LogP contribution in [0.4, 0.5) is 0 Å². The van der Waals surface area contributed by atoms with Crippen molar-refractivity contribution in [1.82, 2.24) is 0 Å². The van der Waals surface area contributed by atoms with Crippen molar-refractivity contribution in [2.24, 2.45) is 0 Å². The first kappa shape index (κ1) is 22.0. The van der Waals surface area contributed by atoms with E-state index in [9.17, 15) is 23.2 Å². The number of phenols is 2. The lowest BCUT2D eigenvalue weighted by molar-refractivity contribution is 0.402. The van der Waals surface area contributed by atoms with Crippen molar-refractivity contribution in [2.75, 3.05) is 0 Å². The Balaban J connectivity index is 2.61. The van der Waals surface area contributed by atoms with Crippen LogP contribution in [0.2, 0.25) is 20.1 Å². The standard InChI is InChI=1S/C19H12Cl4O5S/c20-13-4-2-1-3-11(13)19(29(26,27)28,10-5-6-17(24)18(25)7-10)12-8-15(22)16(23)9-14(12)21/h1-9,24-25H,(H,26,27,28). The van der Waals surface area contributed by atoms with E-state index >= 15 is 0 Å². The quantitative estimate of drug-likeness (QED) is 0.182. The van der Waals surface area contributed by atoms with Crippen LogP contribution in [0, 0.1) is 0 Å². The van der Waals surface area contributed by atoms with Crippen molar-refractivity contribution in [1.29, 1.82) is 0 Å². The number of rotatable bonds is 4. The van der Waals surface area contributed by atoms with Gasteiger partial charge in [0.1, 0.15) is 0 Å². The van der Waals surface area contributed by atoms with Gasteiger partial charge < -0.3 is 10.2 Å². The first-order chi connectivity index (χ1) is 13.5. The van der Waals surface area contributed by atoms with E-state index in [1.807, 2.05) is 0 Å². The smallest absolute Gasteiger partial charge is 0.283 e. The van der Waals surface area contributed by atoms with Crippen molar-refractivity contribution in [3.63, 3.8) is 0 Å². The number of benzene rings is 3. The van der Waals surface area contributed by atoms with Gasteiger partial charge in [0.25, 0.3) is 10.1 Å². The number of halogens is 4. The Morgan fingerprint density at radius 1 is 0.690 bits per heavy atom. The molecule has 0 aromatic heterocycles. The fourth-order valence-electron chi connectivity index (χ4n) is 3.16. The highest BCUT2D eigenvalue weighted by Gasteiger charge is 2.51. The summed E-state index contributed by atoms with van der Waals surface area (Å²) in [6.45, 7) is 0. The van der Waals surface area contributed by atoms with Crippen LogP contribution >= 0.6 is 46.4 Å². The summed E-state index contributed by atoms with van der Waals surface area (Å²) < 4.78 is 34.0. The molecule has 0 bridgehead atoms. The largest absolute Gasteiger partial charge is 0.504 e. The van der Waals surface area contributed by atoms with Crippen LogP contribution in [0.25, 0.3) is 0 Å². The van der Waals surface area contributed by atoms with Crippen LogP contribution < -0.4 is 0 Å². The molecular formula is C19H12Cl4O5S. The monoisotopic (exact) mass is 492 g/mol. The minimum absolute atomic E-state index is 0.000158. The number of aromatic hydroxyl groups is 2. The second kappa shape index (κ2) is 7.87. The Labute approximate surface area is 186 Å². The topological polar surface area (TPSA) is 94.8 Å². The summed E-state index contributed by atoms with van der Waals surface area (Å²) in [6.07, 6.45) is 0. The fourth-order valence-corrected chi connectivity index (χ4v) is 5.57. The molecule has 152 valence electrons. The van der Waals surface area contributed by atoms with Crippen molar-refractivity contribution in [3.8, 4) is 11.5 Å². The summed E-state index contributed by atoms with van der Waals surface area (Å²) >= 11 is 24.8. The van der Waals surface area contributed by atoms with E-state index in [4.69, 9.17) is 46.4 Å². The van der Waals surface area contributed by atoms with Crippen LogP contribution in [0.1, 0.15) is 16.7 Å². The zero-order valence-corrected chi connectivity index (χ0v) is 18.1. The SMILES string of the molecule is O=S(=O)(O)C(c1ccc(O)c(O)c1)(c1ccccc1Cl)c1cc(Cl)c(Cl)cc1Cl. The molecular weight excluding hydrogens is 482 g/mol. The Morgan fingerprint density at radius 3 is 1.90 bits per heavy atom. The van der Waals surface area contributed by atoms with Gasteiger partial charge in [-0.3, -0.25) is 4.55 Å². The number of hydrogen-bond acceptors (Lipinski definition) is 4. The van der Waals surface area contributed by atoms with Gasteiger partial charge in [0.2, 0.25) is 0 Å². The van der Waals surface area contributed by atoms with Gasteiger partial charge in [-0.25, -0.2) is 0 Å². The third-order valence-electron chi connectivity index (χ3n) is 4.41. The van der Waals surface area contributed by atoms with E-state index in [2.05, 4.69) is 0 Å². The first-order valence-corrected chi connectivity index (χ1v) is 10.8. The molecule has 0 aliphatic carbocycles. The average molecular weight is 494 g/mol. The first-order valence-electron chi connectivity index (χ1n) is 7.89. The molecule has 0 spiro atoms. The summed E-state index contributed by atoms with van der Waals surface area (Å²) in [7, 11) is -5.05. The van der Waals surface area contributed by atoms with Crippen LogP contribution in [-0.4, -0.2) is 23.2 Å². The molecule has 0 heterocycles. The number of phenolic OH excluding ortho intramolecular Hbond substituents is 2. The predicted molar refractivity (Wildman–Crippen MR) is 114 cm³/mol. The number of hydrogen-bond donors (Lipinski definition) is 3. The molecule has 1 atom stereocenters. The van der Waals surface area contributed by atoms with E-state index in [1.54, 1.807) is 6.07 Å². The molecule has 5 nitrogen and oxygen atoms in total. The van der Waals surface area contributed by atoms with Crippen molar-refractivity contribution in [3.05, 3.63) is 91.4 Å². The molecule has 10 heteroatoms. The highest BCUT2D eigenvalue weighted by atomic mass is 35.5.